The summed E-state index contributed by atoms with van der Waals surface area (Å²) in [6.07, 6.45) is 1.76. The fourth-order valence-corrected chi connectivity index (χ4v) is 1.83. The van der Waals surface area contributed by atoms with E-state index in [1.807, 2.05) is 12.1 Å². The Bertz CT molecular complexity index is 433. The molecule has 0 saturated carbocycles. The Labute approximate surface area is 108 Å². The van der Waals surface area contributed by atoms with Gasteiger partial charge in [-0.2, -0.15) is 0 Å². The van der Waals surface area contributed by atoms with Gasteiger partial charge >= 0.3 is 0 Å². The third-order valence-electron chi connectivity index (χ3n) is 2.78. The maximum absolute atomic E-state index is 10.1. The summed E-state index contributed by atoms with van der Waals surface area (Å²) in [5.74, 6) is 0.204. The van der Waals surface area contributed by atoms with E-state index in [9.17, 15) is 4.79 Å². The molecule has 1 saturated heterocycles. The summed E-state index contributed by atoms with van der Waals surface area (Å²) < 4.78 is 0. The maximum Gasteiger partial charge on any atom is 0.220 e. The molecule has 0 spiro atoms. The minimum atomic E-state index is 0.204. The monoisotopic (exact) mass is 239 g/mol. The van der Waals surface area contributed by atoms with Gasteiger partial charge in [0.1, 0.15) is 0 Å². The Morgan fingerprint density at radius 1 is 0.778 bits per heavy atom. The van der Waals surface area contributed by atoms with E-state index in [4.69, 9.17) is 0 Å². The first-order chi connectivity index (χ1) is 8.86. The number of rotatable bonds is 1. The van der Waals surface area contributed by atoms with E-state index in [0.717, 1.165) is 19.4 Å². The molecule has 3 rings (SSSR count). The molecule has 1 fully saturated rings. The highest BCUT2D eigenvalue weighted by Crippen LogP contribution is 2.17. The van der Waals surface area contributed by atoms with Gasteiger partial charge in [0.25, 0.3) is 0 Å². The van der Waals surface area contributed by atoms with Crippen LogP contribution >= 0.6 is 0 Å². The van der Waals surface area contributed by atoms with Gasteiger partial charge in [0.05, 0.1) is 0 Å². The van der Waals surface area contributed by atoms with Gasteiger partial charge in [0.2, 0.25) is 5.91 Å². The van der Waals surface area contributed by atoms with Crippen molar-refractivity contribution in [3.05, 3.63) is 60.7 Å². The molecule has 0 aliphatic carbocycles. The number of hydrogen-bond acceptors (Lipinski definition) is 1. The zero-order chi connectivity index (χ0) is 12.6. The van der Waals surface area contributed by atoms with Crippen LogP contribution in [-0.4, -0.2) is 12.5 Å². The molecular formula is C16H17NO. The van der Waals surface area contributed by atoms with Crippen molar-refractivity contribution in [1.29, 1.82) is 0 Å². The van der Waals surface area contributed by atoms with Crippen molar-refractivity contribution in [3.8, 4) is 11.1 Å². The average molecular weight is 239 g/mol. The molecule has 2 aromatic carbocycles. The van der Waals surface area contributed by atoms with E-state index in [-0.39, 0.29) is 5.91 Å². The number of nitrogens with one attached hydrogen (secondary N) is 1. The first kappa shape index (κ1) is 12.4. The third kappa shape index (κ3) is 3.74. The summed E-state index contributed by atoms with van der Waals surface area (Å²) in [5.41, 5.74) is 2.55. The Balaban J connectivity index is 0.000000169. The molecular weight excluding hydrogens is 222 g/mol. The Hall–Kier alpha value is -2.09. The standard InChI is InChI=1S/C12H10.C4H7NO/c1-3-7-11(8-4-1)12-9-5-2-6-10-12;6-4-2-1-3-5-4/h1-10H;1-3H2,(H,5,6). The van der Waals surface area contributed by atoms with Crippen molar-refractivity contribution < 1.29 is 4.79 Å². The lowest BCUT2D eigenvalue weighted by atomic mass is 10.1. The van der Waals surface area contributed by atoms with E-state index in [0.29, 0.717) is 0 Å². The second-order valence-corrected chi connectivity index (χ2v) is 4.19. The minimum absolute atomic E-state index is 0.204. The second-order valence-electron chi connectivity index (χ2n) is 4.19. The highest BCUT2D eigenvalue weighted by Gasteiger charge is 2.05. The number of carbonyl (C=O) groups is 1. The highest BCUT2D eigenvalue weighted by atomic mass is 16.1. The fourth-order valence-electron chi connectivity index (χ4n) is 1.83. The smallest absolute Gasteiger partial charge is 0.220 e. The summed E-state index contributed by atoms with van der Waals surface area (Å²) in [5, 5.41) is 2.68. The third-order valence-corrected chi connectivity index (χ3v) is 2.78. The van der Waals surface area contributed by atoms with Crippen LogP contribution < -0.4 is 5.32 Å². The second kappa shape index (κ2) is 6.60. The molecule has 1 aliphatic rings. The van der Waals surface area contributed by atoms with Crippen LogP contribution in [0, 0.1) is 0 Å². The summed E-state index contributed by atoms with van der Waals surface area (Å²) in [7, 11) is 0. The van der Waals surface area contributed by atoms with Gasteiger partial charge in [-0.05, 0) is 17.5 Å². The molecule has 92 valence electrons. The highest BCUT2D eigenvalue weighted by molar-refractivity contribution is 5.77. The average Bonchev–Trinajstić information content (AvgIpc) is 2.93. The first-order valence-electron chi connectivity index (χ1n) is 6.23. The van der Waals surface area contributed by atoms with Crippen molar-refractivity contribution in [2.75, 3.05) is 6.54 Å². The molecule has 1 amide bonds. The molecule has 18 heavy (non-hydrogen) atoms. The van der Waals surface area contributed by atoms with Crippen molar-refractivity contribution in [3.63, 3.8) is 0 Å². The lowest BCUT2D eigenvalue weighted by Gasteiger charge is -1.98. The summed E-state index contributed by atoms with van der Waals surface area (Å²) in [4.78, 5) is 10.1. The summed E-state index contributed by atoms with van der Waals surface area (Å²) in [6, 6.07) is 20.8. The van der Waals surface area contributed by atoms with Crippen molar-refractivity contribution in [2.24, 2.45) is 0 Å². The van der Waals surface area contributed by atoms with E-state index >= 15 is 0 Å². The lowest BCUT2D eigenvalue weighted by Crippen LogP contribution is -2.12. The van der Waals surface area contributed by atoms with Crippen molar-refractivity contribution in [1.82, 2.24) is 5.32 Å². The first-order valence-corrected chi connectivity index (χ1v) is 6.23. The topological polar surface area (TPSA) is 29.1 Å². The van der Waals surface area contributed by atoms with E-state index < -0.39 is 0 Å². The summed E-state index contributed by atoms with van der Waals surface area (Å²) >= 11 is 0. The molecule has 0 bridgehead atoms. The molecule has 2 nitrogen and oxygen atoms in total. The largest absolute Gasteiger partial charge is 0.356 e. The van der Waals surface area contributed by atoms with Gasteiger partial charge < -0.3 is 5.32 Å². The van der Waals surface area contributed by atoms with Crippen LogP contribution in [0.5, 0.6) is 0 Å². The number of carbonyl (C=O) groups excluding carboxylic acids is 1. The van der Waals surface area contributed by atoms with Crippen LogP contribution in [0.3, 0.4) is 0 Å². The molecule has 1 heterocycles. The summed E-state index contributed by atoms with van der Waals surface area (Å²) in [6.45, 7) is 0.888. The predicted molar refractivity (Wildman–Crippen MR) is 74.1 cm³/mol. The van der Waals surface area contributed by atoms with E-state index in [2.05, 4.69) is 53.8 Å². The fraction of sp³-hybridized carbons (Fsp3) is 0.188. The van der Waals surface area contributed by atoms with Gasteiger partial charge in [-0.25, -0.2) is 0 Å². The zero-order valence-corrected chi connectivity index (χ0v) is 10.3. The number of amides is 1. The van der Waals surface area contributed by atoms with Crippen LogP contribution in [0.25, 0.3) is 11.1 Å². The normalized spacial score (nSPS) is 13.4. The molecule has 1 N–H and O–H groups in total. The lowest BCUT2D eigenvalue weighted by molar-refractivity contribution is -0.119. The Kier molecular flexibility index (Phi) is 4.53. The quantitative estimate of drug-likeness (QED) is 0.813. The zero-order valence-electron chi connectivity index (χ0n) is 10.3. The van der Waals surface area contributed by atoms with Gasteiger partial charge in [0, 0.05) is 13.0 Å². The maximum atomic E-state index is 10.1. The molecule has 0 unspecified atom stereocenters. The van der Waals surface area contributed by atoms with Crippen LogP contribution in [-0.2, 0) is 4.79 Å². The van der Waals surface area contributed by atoms with Gasteiger partial charge in [0.15, 0.2) is 0 Å². The number of benzene rings is 2. The van der Waals surface area contributed by atoms with Crippen molar-refractivity contribution >= 4 is 5.91 Å². The molecule has 2 aromatic rings. The molecule has 2 heteroatoms. The number of hydrogen-bond donors (Lipinski definition) is 1. The van der Waals surface area contributed by atoms with Gasteiger partial charge in [-0.3, -0.25) is 4.79 Å². The van der Waals surface area contributed by atoms with Gasteiger partial charge in [-0.15, -0.1) is 0 Å². The Morgan fingerprint density at radius 3 is 1.56 bits per heavy atom. The van der Waals surface area contributed by atoms with Crippen LogP contribution in [0.15, 0.2) is 60.7 Å². The van der Waals surface area contributed by atoms with Crippen LogP contribution in [0.2, 0.25) is 0 Å². The molecule has 0 radical (unpaired) electrons. The van der Waals surface area contributed by atoms with E-state index in [1.54, 1.807) is 0 Å². The predicted octanol–water partition coefficient (Wildman–Crippen LogP) is 3.25. The SMILES string of the molecule is O=C1CCCN1.c1ccc(-c2ccccc2)cc1. The molecule has 1 aliphatic heterocycles. The van der Waals surface area contributed by atoms with Crippen LogP contribution in [0.4, 0.5) is 0 Å². The van der Waals surface area contributed by atoms with E-state index in [1.165, 1.54) is 11.1 Å². The minimum Gasteiger partial charge on any atom is -0.356 e. The van der Waals surface area contributed by atoms with Crippen LogP contribution in [0.1, 0.15) is 12.8 Å². The van der Waals surface area contributed by atoms with Crippen molar-refractivity contribution in [2.45, 2.75) is 12.8 Å². The van der Waals surface area contributed by atoms with Gasteiger partial charge in [-0.1, -0.05) is 60.7 Å². The molecule has 0 atom stereocenters. The molecule has 0 aromatic heterocycles. The Morgan fingerprint density at radius 2 is 1.28 bits per heavy atom.